The molecule has 3 heterocycles. The summed E-state index contributed by atoms with van der Waals surface area (Å²) in [7, 11) is 0. The van der Waals surface area contributed by atoms with Crippen molar-refractivity contribution in [3.63, 3.8) is 0 Å². The molecule has 218 valence electrons. The molecular formula is C31H42N8O2. The Kier molecular flexibility index (Phi) is 7.81. The van der Waals surface area contributed by atoms with Crippen molar-refractivity contribution >= 4 is 34.9 Å². The zero-order valence-corrected chi connectivity index (χ0v) is 24.1. The summed E-state index contributed by atoms with van der Waals surface area (Å²) >= 11 is 0. The predicted molar refractivity (Wildman–Crippen MR) is 161 cm³/mol. The molecule has 6 rings (SSSR count). The number of anilines is 2. The van der Waals surface area contributed by atoms with Gasteiger partial charge in [-0.05, 0) is 68.8 Å². The summed E-state index contributed by atoms with van der Waals surface area (Å²) in [6, 6.07) is 11.1. The molecule has 2 atom stereocenters. The largest absolute Gasteiger partial charge is 0.465 e. The fourth-order valence-corrected chi connectivity index (χ4v) is 6.86. The fourth-order valence-electron chi connectivity index (χ4n) is 6.86. The van der Waals surface area contributed by atoms with E-state index in [0.29, 0.717) is 23.3 Å². The van der Waals surface area contributed by atoms with Crippen molar-refractivity contribution in [2.75, 3.05) is 16.8 Å². The van der Waals surface area contributed by atoms with E-state index in [1.807, 2.05) is 0 Å². The van der Waals surface area contributed by atoms with Crippen molar-refractivity contribution < 1.29 is 9.90 Å². The number of hydrogen-bond donors (Lipinski definition) is 4. The van der Waals surface area contributed by atoms with Gasteiger partial charge in [0.2, 0.25) is 5.95 Å². The number of carboxylic acid groups (broad SMARTS) is 1. The van der Waals surface area contributed by atoms with Gasteiger partial charge < -0.3 is 19.9 Å². The lowest BCUT2D eigenvalue weighted by Crippen LogP contribution is -2.33. The first-order valence-electron chi connectivity index (χ1n) is 15.3. The molecule has 41 heavy (non-hydrogen) atoms. The number of imidazole rings is 1. The van der Waals surface area contributed by atoms with Crippen molar-refractivity contribution in [3.05, 3.63) is 41.7 Å². The number of amidine groups is 1. The van der Waals surface area contributed by atoms with Crippen LogP contribution in [0, 0.1) is 23.2 Å². The summed E-state index contributed by atoms with van der Waals surface area (Å²) < 4.78 is 2.34. The second-order valence-electron chi connectivity index (χ2n) is 12.4. The van der Waals surface area contributed by atoms with E-state index in [4.69, 9.17) is 15.4 Å². The number of amides is 1. The van der Waals surface area contributed by atoms with Crippen LogP contribution in [0.4, 0.5) is 16.6 Å². The average Bonchev–Trinajstić information content (AvgIpc) is 3.54. The highest BCUT2D eigenvalue weighted by Crippen LogP contribution is 2.40. The predicted octanol–water partition coefficient (Wildman–Crippen LogP) is 6.19. The maximum atomic E-state index is 11.3. The first-order valence-corrected chi connectivity index (χ1v) is 15.3. The molecule has 4 N–H and O–H groups in total. The van der Waals surface area contributed by atoms with Crippen LogP contribution in [-0.4, -0.2) is 49.1 Å². The van der Waals surface area contributed by atoms with E-state index in [9.17, 15) is 9.90 Å². The number of nitrogens with zero attached hydrogens (tertiary/aromatic N) is 5. The van der Waals surface area contributed by atoms with Gasteiger partial charge in [0.15, 0.2) is 23.1 Å². The quantitative estimate of drug-likeness (QED) is 0.191. The Morgan fingerprint density at radius 3 is 2.49 bits per heavy atom. The summed E-state index contributed by atoms with van der Waals surface area (Å²) in [5.74, 6) is 3.10. The van der Waals surface area contributed by atoms with E-state index in [1.54, 1.807) is 0 Å². The first-order chi connectivity index (χ1) is 19.9. The Hall–Kier alpha value is -3.69. The van der Waals surface area contributed by atoms with Crippen LogP contribution in [-0.2, 0) is 6.54 Å². The molecule has 1 saturated heterocycles. The minimum Gasteiger partial charge on any atom is -0.465 e. The lowest BCUT2D eigenvalue weighted by atomic mass is 9.80. The van der Waals surface area contributed by atoms with Crippen molar-refractivity contribution in [2.24, 2.45) is 17.8 Å². The van der Waals surface area contributed by atoms with Crippen molar-refractivity contribution in [1.29, 1.82) is 5.41 Å². The summed E-state index contributed by atoms with van der Waals surface area (Å²) in [5.41, 5.74) is 2.65. The molecule has 2 aromatic heterocycles. The normalized spacial score (nSPS) is 23.8. The Morgan fingerprint density at radius 2 is 1.80 bits per heavy atom. The second kappa shape index (κ2) is 11.7. The van der Waals surface area contributed by atoms with E-state index in [2.05, 4.69) is 69.3 Å². The molecule has 2 saturated carbocycles. The van der Waals surface area contributed by atoms with E-state index in [1.165, 1.54) is 50.5 Å². The molecule has 1 unspecified atom stereocenters. The monoisotopic (exact) mass is 558 g/mol. The van der Waals surface area contributed by atoms with Gasteiger partial charge in [-0.1, -0.05) is 56.5 Å². The highest BCUT2D eigenvalue weighted by molar-refractivity contribution is 6.03. The van der Waals surface area contributed by atoms with Crippen LogP contribution in [0.15, 0.2) is 30.3 Å². The number of fused-ring (bicyclic) bond motifs is 1. The zero-order valence-electron chi connectivity index (χ0n) is 24.1. The molecule has 2 aliphatic carbocycles. The number of rotatable bonds is 8. The molecule has 0 radical (unpaired) electrons. The van der Waals surface area contributed by atoms with E-state index >= 15 is 0 Å². The highest BCUT2D eigenvalue weighted by Gasteiger charge is 2.33. The van der Waals surface area contributed by atoms with Gasteiger partial charge in [0.1, 0.15) is 5.52 Å². The van der Waals surface area contributed by atoms with Gasteiger partial charge in [0, 0.05) is 19.1 Å². The smallest absolute Gasteiger partial charge is 0.410 e. The van der Waals surface area contributed by atoms with Crippen molar-refractivity contribution in [1.82, 2.24) is 24.8 Å². The molecule has 0 spiro atoms. The number of aromatic nitrogens is 4. The maximum Gasteiger partial charge on any atom is 0.410 e. The van der Waals surface area contributed by atoms with Crippen LogP contribution < -0.4 is 15.5 Å². The standard InChI is InChI=1S/C31H42N8O2/c1-19-13-15-21(16-14-19)18-39-25-27(33-20(2)22-10-6-11-22)35-29(26(32)34-31(40)41)36-28(25)37-30(39)38-17-7-12-24(38)23-8-4-3-5-9-23/h3-5,8-9,19-22,24H,6-7,10-18H2,1-2H3,(H2,32,34)(H,40,41)(H,33,35,36)/t19?,20-,21?,24?/m1/s1. The lowest BCUT2D eigenvalue weighted by Gasteiger charge is -2.33. The number of carbonyl (C=O) groups is 1. The molecule has 1 aliphatic heterocycles. The minimum absolute atomic E-state index is 0.0342. The molecule has 3 aromatic rings. The SMILES string of the molecule is CC1CCC(Cn2c(N3CCCC3c3ccccc3)nc3nc(C(=N)NC(=O)O)nc(N[C@H](C)C4CCC4)c32)CC1. The van der Waals surface area contributed by atoms with Crippen LogP contribution in [0.2, 0.25) is 0 Å². The molecule has 1 aromatic carbocycles. The van der Waals surface area contributed by atoms with Gasteiger partial charge in [-0.2, -0.15) is 4.98 Å². The van der Waals surface area contributed by atoms with Gasteiger partial charge in [0.05, 0.1) is 6.04 Å². The molecule has 10 nitrogen and oxygen atoms in total. The van der Waals surface area contributed by atoms with Crippen LogP contribution in [0.25, 0.3) is 11.2 Å². The fraction of sp³-hybridized carbons (Fsp3) is 0.581. The van der Waals surface area contributed by atoms with Gasteiger partial charge >= 0.3 is 6.09 Å². The van der Waals surface area contributed by atoms with Crippen LogP contribution >= 0.6 is 0 Å². The lowest BCUT2D eigenvalue weighted by molar-refractivity contribution is 0.200. The maximum absolute atomic E-state index is 11.3. The minimum atomic E-state index is -1.31. The first kappa shape index (κ1) is 27.5. The van der Waals surface area contributed by atoms with Crippen LogP contribution in [0.1, 0.15) is 89.1 Å². The zero-order chi connectivity index (χ0) is 28.5. The van der Waals surface area contributed by atoms with Gasteiger partial charge in [-0.25, -0.2) is 14.8 Å². The Morgan fingerprint density at radius 1 is 1.05 bits per heavy atom. The van der Waals surface area contributed by atoms with Crippen molar-refractivity contribution in [3.8, 4) is 0 Å². The highest BCUT2D eigenvalue weighted by atomic mass is 16.4. The Balaban J connectivity index is 1.47. The van der Waals surface area contributed by atoms with Crippen LogP contribution in [0.3, 0.4) is 0 Å². The topological polar surface area (TPSA) is 132 Å². The van der Waals surface area contributed by atoms with Crippen LogP contribution in [0.5, 0.6) is 0 Å². The molecular weight excluding hydrogens is 516 g/mol. The van der Waals surface area contributed by atoms with Gasteiger partial charge in [-0.3, -0.25) is 10.7 Å². The third-order valence-electron chi connectivity index (χ3n) is 9.53. The van der Waals surface area contributed by atoms with E-state index in [0.717, 1.165) is 43.3 Å². The number of benzene rings is 1. The average molecular weight is 559 g/mol. The number of nitrogens with one attached hydrogen (secondary N) is 3. The second-order valence-corrected chi connectivity index (χ2v) is 12.4. The van der Waals surface area contributed by atoms with Gasteiger partial charge in [-0.15, -0.1) is 0 Å². The molecule has 1 amide bonds. The molecule has 3 fully saturated rings. The third-order valence-corrected chi connectivity index (χ3v) is 9.53. The summed E-state index contributed by atoms with van der Waals surface area (Å²) in [6.45, 7) is 6.29. The van der Waals surface area contributed by atoms with E-state index < -0.39 is 6.09 Å². The Labute approximate surface area is 241 Å². The summed E-state index contributed by atoms with van der Waals surface area (Å²) in [5, 5.41) is 23.4. The molecule has 0 bridgehead atoms. The Bertz CT molecular complexity index is 1390. The summed E-state index contributed by atoms with van der Waals surface area (Å²) in [6.07, 6.45) is 9.30. The van der Waals surface area contributed by atoms with E-state index in [-0.39, 0.29) is 23.7 Å². The summed E-state index contributed by atoms with van der Waals surface area (Å²) in [4.78, 5) is 28.3. The molecule has 3 aliphatic rings. The number of hydrogen-bond acceptors (Lipinski definition) is 7. The molecule has 10 heteroatoms. The van der Waals surface area contributed by atoms with Gasteiger partial charge in [0.25, 0.3) is 0 Å². The van der Waals surface area contributed by atoms with Crippen molar-refractivity contribution in [2.45, 2.75) is 90.3 Å². The third kappa shape index (κ3) is 5.74.